The van der Waals surface area contributed by atoms with E-state index in [1.54, 1.807) is 0 Å². The Hall–Kier alpha value is -1.36. The summed E-state index contributed by atoms with van der Waals surface area (Å²) in [4.78, 5) is 11.9. The summed E-state index contributed by atoms with van der Waals surface area (Å²) in [6.07, 6.45) is 1.95. The van der Waals surface area contributed by atoms with E-state index >= 15 is 0 Å². The van der Waals surface area contributed by atoms with E-state index in [0.29, 0.717) is 18.9 Å². The zero-order valence-corrected chi connectivity index (χ0v) is 12.9. The number of rotatable bonds is 8. The zero-order valence-electron chi connectivity index (χ0n) is 12.9. The molecule has 1 aromatic heterocycles. The number of nitrogens with zero attached hydrogens (tertiary/aromatic N) is 1. The van der Waals surface area contributed by atoms with E-state index in [9.17, 15) is 9.90 Å². The van der Waals surface area contributed by atoms with Gasteiger partial charge in [0.05, 0.1) is 18.2 Å². The smallest absolute Gasteiger partial charge is 0.224 e. The first kappa shape index (κ1) is 16.7. The van der Waals surface area contributed by atoms with Crippen LogP contribution in [0.2, 0.25) is 0 Å². The second kappa shape index (κ2) is 8.04. The highest BCUT2D eigenvalue weighted by atomic mass is 16.5. The molecular weight excluding hydrogens is 256 g/mol. The normalized spacial score (nSPS) is 12.7. The third-order valence-electron chi connectivity index (χ3n) is 3.22. The number of hydrogen-bond acceptors (Lipinski definition) is 4. The van der Waals surface area contributed by atoms with E-state index in [1.807, 2.05) is 27.7 Å². The van der Waals surface area contributed by atoms with Gasteiger partial charge in [0.15, 0.2) is 0 Å². The summed E-state index contributed by atoms with van der Waals surface area (Å²) in [5, 5.41) is 16.5. The maximum atomic E-state index is 11.9. The number of carbonyl (C=O) groups is 1. The third-order valence-corrected chi connectivity index (χ3v) is 3.22. The van der Waals surface area contributed by atoms with Crippen LogP contribution >= 0.6 is 0 Å². The average Bonchev–Trinajstić information content (AvgIpc) is 2.77. The van der Waals surface area contributed by atoms with Gasteiger partial charge in [-0.1, -0.05) is 32.9 Å². The first-order valence-electron chi connectivity index (χ1n) is 7.38. The molecule has 0 spiro atoms. The summed E-state index contributed by atoms with van der Waals surface area (Å²) >= 11 is 0. The molecule has 0 aliphatic heterocycles. The highest BCUT2D eigenvalue weighted by Gasteiger charge is 2.17. The van der Waals surface area contributed by atoms with Gasteiger partial charge in [-0.05, 0) is 18.8 Å². The van der Waals surface area contributed by atoms with Crippen LogP contribution in [-0.2, 0) is 24.1 Å². The van der Waals surface area contributed by atoms with Gasteiger partial charge in [-0.15, -0.1) is 0 Å². The van der Waals surface area contributed by atoms with Gasteiger partial charge >= 0.3 is 0 Å². The van der Waals surface area contributed by atoms with Crippen LogP contribution in [0.5, 0.6) is 0 Å². The lowest BCUT2D eigenvalue weighted by Gasteiger charge is -2.13. The molecule has 0 saturated carbocycles. The predicted molar refractivity (Wildman–Crippen MR) is 77.4 cm³/mol. The highest BCUT2D eigenvalue weighted by Crippen LogP contribution is 2.16. The summed E-state index contributed by atoms with van der Waals surface area (Å²) in [6.45, 7) is 8.36. The number of carbonyl (C=O) groups excluding carboxylic acids is 1. The predicted octanol–water partition coefficient (Wildman–Crippen LogP) is 1.87. The molecule has 1 rings (SSSR count). The van der Waals surface area contributed by atoms with Gasteiger partial charge < -0.3 is 14.9 Å². The molecule has 0 radical (unpaired) electrons. The summed E-state index contributed by atoms with van der Waals surface area (Å²) < 4.78 is 5.24. The van der Waals surface area contributed by atoms with Crippen molar-refractivity contribution in [3.05, 3.63) is 17.0 Å². The Bertz CT molecular complexity index is 405. The fourth-order valence-electron chi connectivity index (χ4n) is 2.22. The Balaban J connectivity index is 2.52. The van der Waals surface area contributed by atoms with Crippen molar-refractivity contribution < 1.29 is 14.4 Å². The van der Waals surface area contributed by atoms with Crippen molar-refractivity contribution in [1.29, 1.82) is 0 Å². The fourth-order valence-corrected chi connectivity index (χ4v) is 2.22. The van der Waals surface area contributed by atoms with E-state index in [2.05, 4.69) is 10.5 Å². The van der Waals surface area contributed by atoms with Crippen molar-refractivity contribution in [3.63, 3.8) is 0 Å². The topological polar surface area (TPSA) is 75.4 Å². The fraction of sp³-hybridized carbons (Fsp3) is 0.733. The molecule has 0 aliphatic rings. The van der Waals surface area contributed by atoms with Gasteiger partial charge in [0, 0.05) is 18.5 Å². The molecule has 1 unspecified atom stereocenters. The lowest BCUT2D eigenvalue weighted by Crippen LogP contribution is -2.34. The van der Waals surface area contributed by atoms with Crippen LogP contribution in [0.1, 0.15) is 51.1 Å². The number of hydrogen-bond donors (Lipinski definition) is 2. The molecule has 1 heterocycles. The van der Waals surface area contributed by atoms with Crippen molar-refractivity contribution in [2.24, 2.45) is 5.92 Å². The molecular formula is C15H26N2O3. The number of aryl methyl sites for hydroxylation is 2. The Morgan fingerprint density at radius 1 is 1.35 bits per heavy atom. The van der Waals surface area contributed by atoms with E-state index in [4.69, 9.17) is 4.52 Å². The van der Waals surface area contributed by atoms with E-state index in [0.717, 1.165) is 29.9 Å². The summed E-state index contributed by atoms with van der Waals surface area (Å²) in [7, 11) is 0. The number of amides is 1. The number of aliphatic hydroxyl groups is 1. The van der Waals surface area contributed by atoms with Crippen LogP contribution in [-0.4, -0.2) is 28.8 Å². The number of nitrogens with one attached hydrogen (secondary N) is 1. The molecule has 1 aromatic rings. The lowest BCUT2D eigenvalue weighted by molar-refractivity contribution is -0.121. The minimum Gasteiger partial charge on any atom is -0.391 e. The van der Waals surface area contributed by atoms with Crippen LogP contribution in [0.15, 0.2) is 4.52 Å². The molecule has 0 bridgehead atoms. The molecule has 5 nitrogen and oxygen atoms in total. The third kappa shape index (κ3) is 4.96. The van der Waals surface area contributed by atoms with Crippen LogP contribution in [0.3, 0.4) is 0 Å². The molecule has 2 N–H and O–H groups in total. The van der Waals surface area contributed by atoms with Crippen molar-refractivity contribution in [1.82, 2.24) is 10.5 Å². The van der Waals surface area contributed by atoms with Crippen molar-refractivity contribution in [2.75, 3.05) is 6.54 Å². The van der Waals surface area contributed by atoms with Gasteiger partial charge in [0.25, 0.3) is 0 Å². The lowest BCUT2D eigenvalue weighted by atomic mass is 10.0. The highest BCUT2D eigenvalue weighted by molar-refractivity contribution is 5.79. The second-order valence-corrected chi connectivity index (χ2v) is 5.50. The van der Waals surface area contributed by atoms with Crippen LogP contribution < -0.4 is 5.32 Å². The van der Waals surface area contributed by atoms with Crippen LogP contribution in [0, 0.1) is 5.92 Å². The maximum absolute atomic E-state index is 11.9. The van der Waals surface area contributed by atoms with Crippen molar-refractivity contribution in [2.45, 2.75) is 59.5 Å². The van der Waals surface area contributed by atoms with Crippen LogP contribution in [0.25, 0.3) is 0 Å². The maximum Gasteiger partial charge on any atom is 0.224 e. The van der Waals surface area contributed by atoms with E-state index < -0.39 is 6.10 Å². The van der Waals surface area contributed by atoms with Crippen molar-refractivity contribution in [3.8, 4) is 0 Å². The monoisotopic (exact) mass is 282 g/mol. The van der Waals surface area contributed by atoms with Crippen molar-refractivity contribution >= 4 is 5.91 Å². The molecule has 114 valence electrons. The quantitative estimate of drug-likeness (QED) is 0.763. The van der Waals surface area contributed by atoms with Gasteiger partial charge in [0.1, 0.15) is 5.76 Å². The van der Waals surface area contributed by atoms with Gasteiger partial charge in [-0.2, -0.15) is 0 Å². The van der Waals surface area contributed by atoms with Gasteiger partial charge in [-0.3, -0.25) is 4.79 Å². The van der Waals surface area contributed by atoms with E-state index in [-0.39, 0.29) is 12.3 Å². The largest absolute Gasteiger partial charge is 0.391 e. The molecule has 0 aliphatic carbocycles. The van der Waals surface area contributed by atoms with Crippen LogP contribution in [0.4, 0.5) is 0 Å². The minimum atomic E-state index is -0.488. The summed E-state index contributed by atoms with van der Waals surface area (Å²) in [5.41, 5.74) is 1.74. The molecule has 0 fully saturated rings. The molecule has 0 saturated heterocycles. The summed E-state index contributed by atoms with van der Waals surface area (Å²) in [5.74, 6) is 1.10. The number of aromatic nitrogens is 1. The van der Waals surface area contributed by atoms with E-state index in [1.165, 1.54) is 0 Å². The first-order chi connectivity index (χ1) is 9.47. The average molecular weight is 282 g/mol. The molecule has 1 amide bonds. The standard InChI is InChI=1S/C15H26N2O3/c1-5-13-12(14(6-2)20-17-13)8-15(19)16-9-11(18)7-10(3)4/h10-11,18H,5-9H2,1-4H3,(H,16,19). The SMILES string of the molecule is CCc1noc(CC)c1CC(=O)NCC(O)CC(C)C. The Morgan fingerprint density at radius 2 is 2.05 bits per heavy atom. The Kier molecular flexibility index (Phi) is 6.71. The second-order valence-electron chi connectivity index (χ2n) is 5.50. The summed E-state index contributed by atoms with van der Waals surface area (Å²) in [6, 6.07) is 0. The number of aliphatic hydroxyl groups excluding tert-OH is 1. The van der Waals surface area contributed by atoms with Gasteiger partial charge in [-0.25, -0.2) is 0 Å². The minimum absolute atomic E-state index is 0.0968. The first-order valence-corrected chi connectivity index (χ1v) is 7.38. The molecule has 5 heteroatoms. The molecule has 1 atom stereocenters. The molecule has 0 aromatic carbocycles. The zero-order chi connectivity index (χ0) is 15.1. The Morgan fingerprint density at radius 3 is 2.60 bits per heavy atom. The molecule has 20 heavy (non-hydrogen) atoms. The Labute approximate surface area is 120 Å². The van der Waals surface area contributed by atoms with Gasteiger partial charge in [0.2, 0.25) is 5.91 Å².